The van der Waals surface area contributed by atoms with Crippen molar-refractivity contribution < 1.29 is 62.6 Å². The number of esters is 2. The molecule has 0 atom stereocenters. The minimum atomic E-state index is -3.64. The average Bonchev–Trinajstić information content (AvgIpc) is 2.19. The molecule has 0 fully saturated rings. The second-order valence-corrected chi connectivity index (χ2v) is 29.4. The van der Waals surface area contributed by atoms with Gasteiger partial charge in [-0.3, -0.25) is 14.2 Å². The van der Waals surface area contributed by atoms with E-state index in [9.17, 15) is 48.1 Å². The quantitative estimate of drug-likeness (QED) is 0.0285. The molecule has 0 spiro atoms. The van der Waals surface area contributed by atoms with Crippen LogP contribution in [0.2, 0.25) is 0 Å². The number of aromatic carboxylic acids is 1. The number of halogens is 1. The van der Waals surface area contributed by atoms with Crippen LogP contribution < -0.4 is 31.4 Å². The summed E-state index contributed by atoms with van der Waals surface area (Å²) >= 11 is 4.50. The topological polar surface area (TPSA) is 395 Å². The lowest BCUT2D eigenvalue weighted by atomic mass is 10.2. The molecule has 24 nitrogen and oxygen atoms in total. The van der Waals surface area contributed by atoms with Crippen molar-refractivity contribution in [1.29, 1.82) is 0 Å². The van der Waals surface area contributed by atoms with E-state index in [1.165, 1.54) is 74.1 Å². The number of anilines is 6. The van der Waals surface area contributed by atoms with Gasteiger partial charge in [0.25, 0.3) is 39.1 Å². The maximum atomic E-state index is 12.3. The van der Waals surface area contributed by atoms with Crippen LogP contribution in [0.25, 0.3) is 22.6 Å². The van der Waals surface area contributed by atoms with E-state index in [2.05, 4.69) is 43.6 Å². The number of thiophene rings is 4. The van der Waals surface area contributed by atoms with Gasteiger partial charge in [-0.2, -0.15) is 0 Å². The monoisotopic (exact) mass is 1410 g/mol. The fourth-order valence-electron chi connectivity index (χ4n) is 6.74. The van der Waals surface area contributed by atoms with Crippen molar-refractivity contribution in [3.63, 3.8) is 0 Å². The van der Waals surface area contributed by atoms with Gasteiger partial charge in [0.1, 0.15) is 28.5 Å². The summed E-state index contributed by atoms with van der Waals surface area (Å²) in [5.74, 6) is -0.949. The number of fused-ring (bicyclic) bond motifs is 1. The van der Waals surface area contributed by atoms with E-state index in [1.807, 2.05) is 18.2 Å². The molecule has 4 aromatic carbocycles. The lowest BCUT2D eigenvalue weighted by Crippen LogP contribution is -2.12. The van der Waals surface area contributed by atoms with Crippen molar-refractivity contribution in [2.24, 2.45) is 0 Å². The van der Waals surface area contributed by atoms with Crippen molar-refractivity contribution in [1.82, 2.24) is 19.9 Å². The summed E-state index contributed by atoms with van der Waals surface area (Å²) in [5.41, 5.74) is 21.2. The van der Waals surface area contributed by atoms with Gasteiger partial charge in [-0.1, -0.05) is 69.5 Å². The summed E-state index contributed by atoms with van der Waals surface area (Å²) in [4.78, 5) is 48.6. The Morgan fingerprint density at radius 2 is 0.923 bits per heavy atom. The van der Waals surface area contributed by atoms with E-state index in [-0.39, 0.29) is 54.5 Å². The number of hydrogen-bond acceptors (Lipinski definition) is 23. The first kappa shape index (κ1) is 74.2. The van der Waals surface area contributed by atoms with Crippen LogP contribution in [0, 0.1) is 0 Å². The highest BCUT2D eigenvalue weighted by Crippen LogP contribution is 2.27. The first-order valence-corrected chi connectivity index (χ1v) is 35.1. The molecule has 0 aliphatic heterocycles. The van der Waals surface area contributed by atoms with E-state index in [1.54, 1.807) is 137 Å². The standard InChI is InChI=1S/C16H12N4O2S2.C12H11NO4S2.C11H9NO4S2.C8H9NO2.C5H7N3.C4H3ClO2S2.2CH4/c21-24(22,14-7-3-9-23-14)20-12-5-1-4-11(10-12)15-18-13-6-2-8-17-16(13)19-15;1-17-12(14)9-4-2-5-10(8-9)13-19(15,16)11-6-3-7-18-11;13-11(14)8-3-1-4-9(7-8)12-18(15,16)10-5-2-6-17-10;1-11-8(10)6-3-2-4-7(9)5-6;6-4-2-1-3-8-5(4)7;5-9(6,7)4-2-1-3-8-4;;/h1-10,20H,(H,17,18,19);2-8,13H,1H3;1-7,12H,(H,13,14);2-5H,9H2,1H3;1-3H,6H2,(H2,7,8);1-3H;2*1H4. The van der Waals surface area contributed by atoms with Gasteiger partial charge in [-0.05, 0) is 137 Å². The summed E-state index contributed by atoms with van der Waals surface area (Å²) in [6.45, 7) is 0. The number of carbonyl (C=O) groups is 3. The van der Waals surface area contributed by atoms with Crippen LogP contribution in [-0.4, -0.2) is 90.8 Å². The number of pyridine rings is 2. The summed E-state index contributed by atoms with van der Waals surface area (Å²) < 4.78 is 111. The molecule has 11 aromatic rings. The number of ether oxygens (including phenoxy) is 2. The highest BCUT2D eigenvalue weighted by atomic mass is 35.7. The highest BCUT2D eigenvalue weighted by Gasteiger charge is 2.19. The van der Waals surface area contributed by atoms with Gasteiger partial charge in [0.05, 0.1) is 42.1 Å². The van der Waals surface area contributed by atoms with Crippen LogP contribution in [0.3, 0.4) is 0 Å². The number of nitrogen functional groups attached to an aromatic ring is 3. The van der Waals surface area contributed by atoms with Crippen LogP contribution in [0.1, 0.15) is 45.9 Å². The Morgan fingerprint density at radius 1 is 0.505 bits per heavy atom. The van der Waals surface area contributed by atoms with Gasteiger partial charge in [-0.25, -0.2) is 63.0 Å². The third-order valence-electron chi connectivity index (χ3n) is 10.7. The molecule has 7 heterocycles. The Kier molecular flexibility index (Phi) is 28.3. The van der Waals surface area contributed by atoms with Crippen molar-refractivity contribution in [3.8, 4) is 11.4 Å². The minimum Gasteiger partial charge on any atom is -0.478 e. The first-order valence-electron chi connectivity index (χ1n) is 24.8. The molecule has 0 aliphatic rings. The lowest BCUT2D eigenvalue weighted by molar-refractivity contribution is 0.0592. The third-order valence-corrected chi connectivity index (χ3v) is 22.1. The molecule has 0 bridgehead atoms. The van der Waals surface area contributed by atoms with Crippen molar-refractivity contribution in [3.05, 3.63) is 220 Å². The first-order chi connectivity index (χ1) is 42.3. The summed E-state index contributed by atoms with van der Waals surface area (Å²) in [5, 5.41) is 15.5. The fraction of sp³-hybridized carbons (Fsp3) is 0.0690. The number of carboxylic acids is 1. The Bertz CT molecular complexity index is 4550. The molecule has 7 aromatic heterocycles. The molecular weight excluding hydrogens is 1350 g/mol. The zero-order valence-corrected chi connectivity index (χ0v) is 53.4. The van der Waals surface area contributed by atoms with Crippen LogP contribution in [-0.2, 0) is 48.6 Å². The molecule has 33 heteroatoms. The Hall–Kier alpha value is -9.25. The molecule has 0 amide bonds. The summed E-state index contributed by atoms with van der Waals surface area (Å²) in [6, 6.07) is 45.3. The zero-order chi connectivity index (χ0) is 64.8. The van der Waals surface area contributed by atoms with Crippen molar-refractivity contribution in [2.45, 2.75) is 31.7 Å². The van der Waals surface area contributed by atoms with Crippen molar-refractivity contribution in [2.75, 3.05) is 45.6 Å². The molecule has 11 rings (SSSR count). The molecule has 0 aliphatic carbocycles. The maximum Gasteiger partial charge on any atom is 0.337 e. The number of nitrogens with zero attached hydrogens (tertiary/aromatic N) is 3. The molecule has 11 N–H and O–H groups in total. The van der Waals surface area contributed by atoms with E-state index < -0.39 is 51.1 Å². The number of benzene rings is 4. The molecule has 0 radical (unpaired) electrons. The summed E-state index contributed by atoms with van der Waals surface area (Å²) in [6.07, 6.45) is 3.28. The van der Waals surface area contributed by atoms with E-state index >= 15 is 0 Å². The number of hydrogen-bond donors (Lipinski definition) is 8. The molecular formula is C58H59ClN10O14S8. The number of aromatic nitrogens is 4. The molecule has 480 valence electrons. The largest absolute Gasteiger partial charge is 0.478 e. The number of H-pyrrole nitrogens is 1. The molecule has 0 saturated carbocycles. The smallest absolute Gasteiger partial charge is 0.337 e. The number of carboxylic acid groups (broad SMARTS) is 1. The zero-order valence-electron chi connectivity index (χ0n) is 46.1. The predicted molar refractivity (Wildman–Crippen MR) is 362 cm³/mol. The van der Waals surface area contributed by atoms with Gasteiger partial charge < -0.3 is 36.8 Å². The van der Waals surface area contributed by atoms with Gasteiger partial charge in [0, 0.05) is 51.4 Å². The number of nitrogens with two attached hydrogens (primary N) is 3. The van der Waals surface area contributed by atoms with E-state index in [0.29, 0.717) is 45.6 Å². The van der Waals surface area contributed by atoms with Gasteiger partial charge in [-0.15, -0.1) is 45.3 Å². The normalized spacial score (nSPS) is 10.6. The van der Waals surface area contributed by atoms with Crippen LogP contribution in [0.4, 0.5) is 34.3 Å². The average molecular weight is 1410 g/mol. The van der Waals surface area contributed by atoms with Crippen LogP contribution in [0.15, 0.2) is 221 Å². The van der Waals surface area contributed by atoms with E-state index in [0.717, 1.165) is 45.1 Å². The number of rotatable bonds is 14. The Balaban J connectivity index is 0.000000242. The predicted octanol–water partition coefficient (Wildman–Crippen LogP) is 12.3. The Morgan fingerprint density at radius 3 is 1.32 bits per heavy atom. The second kappa shape index (κ2) is 34.6. The SMILES string of the molecule is C.C.COC(=O)c1cccc(N)c1.COC(=O)c1cccc(NS(=O)(=O)c2cccs2)c1.Nc1cccnc1N.O=C(O)c1cccc(NS(=O)(=O)c2cccs2)c1.O=S(=O)(Cl)c1cccs1.O=S(=O)(Nc1cccc(-c2nc3ncccc3[nH]2)c1)c1cccs1. The number of sulfonamides is 3. The number of nitrogens with one attached hydrogen (secondary N) is 4. The van der Waals surface area contributed by atoms with Crippen LogP contribution >= 0.6 is 56.0 Å². The molecule has 91 heavy (non-hydrogen) atoms. The molecule has 0 unspecified atom stereocenters. The minimum absolute atomic E-state index is 0. The van der Waals surface area contributed by atoms with Crippen LogP contribution in [0.5, 0.6) is 0 Å². The molecule has 0 saturated heterocycles. The lowest BCUT2D eigenvalue weighted by Gasteiger charge is -2.07. The third kappa shape index (κ3) is 22.9. The number of aromatic amines is 1. The van der Waals surface area contributed by atoms with Crippen molar-refractivity contribution >= 4 is 158 Å². The number of methoxy groups -OCH3 is 2. The maximum absolute atomic E-state index is 12.3. The fourth-order valence-corrected chi connectivity index (χ4v) is 14.7. The number of imidazole rings is 1. The van der Waals surface area contributed by atoms with E-state index in [4.69, 9.17) is 33.0 Å². The highest BCUT2D eigenvalue weighted by molar-refractivity contribution is 8.15. The Labute approximate surface area is 546 Å². The van der Waals surface area contributed by atoms with Gasteiger partial charge in [0.15, 0.2) is 5.65 Å². The number of carbonyl (C=O) groups excluding carboxylic acids is 2. The van der Waals surface area contributed by atoms with Gasteiger partial charge >= 0.3 is 17.9 Å². The summed E-state index contributed by atoms with van der Waals surface area (Å²) in [7, 11) is -6.69. The second-order valence-electron chi connectivity index (χ2n) is 17.1. The van der Waals surface area contributed by atoms with Gasteiger partial charge in [0.2, 0.25) is 0 Å².